The molecule has 130 valence electrons. The van der Waals surface area contributed by atoms with Crippen molar-refractivity contribution in [1.82, 2.24) is 10.4 Å². The fraction of sp³-hybridized carbons (Fsp3) is 0.733. The predicted octanol–water partition coefficient (Wildman–Crippen LogP) is 1.53. The number of hydrogen-bond acceptors (Lipinski definition) is 6. The van der Waals surface area contributed by atoms with Crippen LogP contribution in [0.2, 0.25) is 0 Å². The zero-order valence-electron chi connectivity index (χ0n) is 14.4. The second kappa shape index (κ2) is 6.55. The van der Waals surface area contributed by atoms with E-state index in [9.17, 15) is 19.2 Å². The summed E-state index contributed by atoms with van der Waals surface area (Å²) in [6.45, 7) is 10.2. The van der Waals surface area contributed by atoms with Crippen LogP contribution in [0.5, 0.6) is 0 Å². The lowest BCUT2D eigenvalue weighted by molar-refractivity contribution is -0.200. The van der Waals surface area contributed by atoms with E-state index >= 15 is 0 Å². The summed E-state index contributed by atoms with van der Waals surface area (Å²) >= 11 is 0. The summed E-state index contributed by atoms with van der Waals surface area (Å²) < 4.78 is 5.12. The molecular formula is C15H24N2O6. The van der Waals surface area contributed by atoms with E-state index in [1.165, 1.54) is 0 Å². The van der Waals surface area contributed by atoms with Gasteiger partial charge in [-0.3, -0.25) is 9.59 Å². The van der Waals surface area contributed by atoms with Crippen molar-refractivity contribution in [2.75, 3.05) is 0 Å². The molecule has 0 saturated carbocycles. The Morgan fingerprint density at radius 2 is 1.52 bits per heavy atom. The number of amides is 3. The molecule has 1 fully saturated rings. The number of nitrogens with zero attached hydrogens (tertiary/aromatic N) is 1. The first-order valence-corrected chi connectivity index (χ1v) is 7.38. The number of carbonyl (C=O) groups excluding carboxylic acids is 4. The monoisotopic (exact) mass is 328 g/mol. The Bertz CT molecular complexity index is 499. The molecule has 8 heteroatoms. The third kappa shape index (κ3) is 5.54. The Morgan fingerprint density at radius 1 is 1.04 bits per heavy atom. The van der Waals surface area contributed by atoms with Crippen LogP contribution in [0.15, 0.2) is 0 Å². The maximum Gasteiger partial charge on any atom is 0.408 e. The van der Waals surface area contributed by atoms with E-state index in [0.29, 0.717) is 5.06 Å². The SMILES string of the molecule is CC(C)(C)OC(=O)N[C@H](C(=O)ON1C(=O)CCC1=O)C(C)(C)C. The lowest BCUT2D eigenvalue weighted by Crippen LogP contribution is -2.52. The van der Waals surface area contributed by atoms with Crippen molar-refractivity contribution >= 4 is 23.9 Å². The van der Waals surface area contributed by atoms with Gasteiger partial charge in [0.25, 0.3) is 11.8 Å². The molecule has 0 aliphatic carbocycles. The second-order valence-electron chi connectivity index (χ2n) is 7.44. The highest BCUT2D eigenvalue weighted by Crippen LogP contribution is 2.23. The molecule has 0 aromatic rings. The molecular weight excluding hydrogens is 304 g/mol. The van der Waals surface area contributed by atoms with Gasteiger partial charge in [0, 0.05) is 12.8 Å². The van der Waals surface area contributed by atoms with Gasteiger partial charge in [-0.1, -0.05) is 20.8 Å². The van der Waals surface area contributed by atoms with Crippen molar-refractivity contribution in [3.05, 3.63) is 0 Å². The molecule has 8 nitrogen and oxygen atoms in total. The van der Waals surface area contributed by atoms with Crippen LogP contribution in [0.25, 0.3) is 0 Å². The van der Waals surface area contributed by atoms with Gasteiger partial charge in [-0.25, -0.2) is 9.59 Å². The standard InChI is InChI=1S/C15H24N2O6/c1-14(2,3)11(16-13(21)22-15(4,5)6)12(20)23-17-9(18)7-8-10(17)19/h11H,7-8H2,1-6H3,(H,16,21)/t11-/m1/s1. The molecule has 0 radical (unpaired) electrons. The van der Waals surface area contributed by atoms with Crippen molar-refractivity contribution in [3.63, 3.8) is 0 Å². The van der Waals surface area contributed by atoms with Crippen molar-refractivity contribution in [2.24, 2.45) is 5.41 Å². The second-order valence-corrected chi connectivity index (χ2v) is 7.44. The number of alkyl carbamates (subject to hydrolysis) is 1. The van der Waals surface area contributed by atoms with Crippen LogP contribution in [-0.4, -0.2) is 40.6 Å². The number of nitrogens with one attached hydrogen (secondary N) is 1. The molecule has 1 atom stereocenters. The van der Waals surface area contributed by atoms with Crippen molar-refractivity contribution in [3.8, 4) is 0 Å². The van der Waals surface area contributed by atoms with Gasteiger partial charge in [0.1, 0.15) is 11.6 Å². The Morgan fingerprint density at radius 3 is 1.91 bits per heavy atom. The molecule has 1 N–H and O–H groups in total. The summed E-state index contributed by atoms with van der Waals surface area (Å²) in [6.07, 6.45) is -0.772. The van der Waals surface area contributed by atoms with Crippen LogP contribution >= 0.6 is 0 Å². The van der Waals surface area contributed by atoms with Gasteiger partial charge in [-0.15, -0.1) is 5.06 Å². The lowest BCUT2D eigenvalue weighted by Gasteiger charge is -2.31. The minimum absolute atomic E-state index is 0.00575. The van der Waals surface area contributed by atoms with Crippen molar-refractivity contribution < 1.29 is 28.8 Å². The average molecular weight is 328 g/mol. The van der Waals surface area contributed by atoms with Crippen LogP contribution in [0.3, 0.4) is 0 Å². The summed E-state index contributed by atoms with van der Waals surface area (Å²) in [6, 6.07) is -1.08. The number of carbonyl (C=O) groups is 4. The Hall–Kier alpha value is -2.12. The van der Waals surface area contributed by atoms with Gasteiger partial charge in [-0.05, 0) is 26.2 Å². The lowest BCUT2D eigenvalue weighted by atomic mass is 9.87. The fourth-order valence-corrected chi connectivity index (χ4v) is 1.85. The van der Waals surface area contributed by atoms with Gasteiger partial charge in [0.2, 0.25) is 0 Å². The number of ether oxygens (including phenoxy) is 1. The summed E-state index contributed by atoms with van der Waals surface area (Å²) in [5.74, 6) is -2.05. The first-order valence-electron chi connectivity index (χ1n) is 7.38. The average Bonchev–Trinajstić information content (AvgIpc) is 2.64. The molecule has 0 bridgehead atoms. The van der Waals surface area contributed by atoms with E-state index in [0.717, 1.165) is 0 Å². The van der Waals surface area contributed by atoms with Crippen LogP contribution < -0.4 is 5.32 Å². The highest BCUT2D eigenvalue weighted by atomic mass is 16.7. The highest BCUT2D eigenvalue weighted by molar-refractivity contribution is 6.01. The normalized spacial score (nSPS) is 17.0. The fourth-order valence-electron chi connectivity index (χ4n) is 1.85. The maximum atomic E-state index is 12.3. The molecule has 0 unspecified atom stereocenters. The van der Waals surface area contributed by atoms with E-state index in [4.69, 9.17) is 9.57 Å². The third-order valence-corrected chi connectivity index (χ3v) is 2.95. The number of imide groups is 1. The number of hydroxylamine groups is 2. The van der Waals surface area contributed by atoms with Crippen molar-refractivity contribution in [1.29, 1.82) is 0 Å². The summed E-state index contributed by atoms with van der Waals surface area (Å²) in [4.78, 5) is 52.1. The molecule has 1 aliphatic heterocycles. The topological polar surface area (TPSA) is 102 Å². The molecule has 1 rings (SSSR count). The van der Waals surface area contributed by atoms with Crippen LogP contribution in [-0.2, 0) is 24.0 Å². The van der Waals surface area contributed by atoms with Gasteiger partial charge in [0.05, 0.1) is 0 Å². The predicted molar refractivity (Wildman–Crippen MR) is 79.8 cm³/mol. The van der Waals surface area contributed by atoms with Gasteiger partial charge in [-0.2, -0.15) is 0 Å². The minimum atomic E-state index is -1.08. The molecule has 0 aromatic heterocycles. The maximum absolute atomic E-state index is 12.3. The molecule has 0 spiro atoms. The minimum Gasteiger partial charge on any atom is -0.444 e. The zero-order valence-corrected chi connectivity index (χ0v) is 14.4. The molecule has 0 aromatic carbocycles. The molecule has 1 saturated heterocycles. The molecule has 3 amide bonds. The third-order valence-electron chi connectivity index (χ3n) is 2.95. The molecule has 23 heavy (non-hydrogen) atoms. The Balaban J connectivity index is 2.82. The number of rotatable bonds is 3. The van der Waals surface area contributed by atoms with Crippen LogP contribution in [0.4, 0.5) is 4.79 Å². The quantitative estimate of drug-likeness (QED) is 0.788. The Labute approximate surface area is 135 Å². The summed E-state index contributed by atoms with van der Waals surface area (Å²) in [5.41, 5.74) is -1.43. The van der Waals surface area contributed by atoms with E-state index in [1.54, 1.807) is 41.5 Å². The smallest absolute Gasteiger partial charge is 0.408 e. The van der Waals surface area contributed by atoms with E-state index in [1.807, 2.05) is 0 Å². The first-order chi connectivity index (χ1) is 10.3. The highest BCUT2D eigenvalue weighted by Gasteiger charge is 2.40. The first kappa shape index (κ1) is 18.9. The number of hydrogen-bond donors (Lipinski definition) is 1. The molecule has 1 heterocycles. The van der Waals surface area contributed by atoms with Gasteiger partial charge < -0.3 is 14.9 Å². The van der Waals surface area contributed by atoms with Crippen LogP contribution in [0, 0.1) is 5.41 Å². The van der Waals surface area contributed by atoms with E-state index < -0.39 is 40.9 Å². The summed E-state index contributed by atoms with van der Waals surface area (Å²) in [5, 5.41) is 2.89. The van der Waals surface area contributed by atoms with E-state index in [-0.39, 0.29) is 12.8 Å². The zero-order chi connectivity index (χ0) is 18.0. The largest absolute Gasteiger partial charge is 0.444 e. The molecule has 1 aliphatic rings. The van der Waals surface area contributed by atoms with E-state index in [2.05, 4.69) is 5.32 Å². The van der Waals surface area contributed by atoms with Gasteiger partial charge >= 0.3 is 12.1 Å². The van der Waals surface area contributed by atoms with Crippen LogP contribution in [0.1, 0.15) is 54.4 Å². The Kier molecular flexibility index (Phi) is 5.39. The summed E-state index contributed by atoms with van der Waals surface area (Å²) in [7, 11) is 0. The van der Waals surface area contributed by atoms with Gasteiger partial charge in [0.15, 0.2) is 0 Å². The van der Waals surface area contributed by atoms with Crippen molar-refractivity contribution in [2.45, 2.75) is 66.0 Å².